The second-order valence-electron chi connectivity index (χ2n) is 6.55. The Morgan fingerprint density at radius 1 is 1.26 bits per heavy atom. The molecule has 0 bridgehead atoms. The predicted octanol–water partition coefficient (Wildman–Crippen LogP) is 5.90. The van der Waals surface area contributed by atoms with Crippen molar-refractivity contribution in [3.63, 3.8) is 0 Å². The van der Waals surface area contributed by atoms with Gasteiger partial charge in [0.2, 0.25) is 0 Å². The van der Waals surface area contributed by atoms with Gasteiger partial charge in [0.25, 0.3) is 0 Å². The van der Waals surface area contributed by atoms with Crippen LogP contribution in [0.2, 0.25) is 5.02 Å². The van der Waals surface area contributed by atoms with Gasteiger partial charge in [-0.1, -0.05) is 30.5 Å². The SMILES string of the molecule is FC(F)(F)c1cc(NC(=S)N(Cc2cccnc2)C2CCCC2)ccc1Cl. The van der Waals surface area contributed by atoms with Crippen molar-refractivity contribution in [3.8, 4) is 0 Å². The summed E-state index contributed by atoms with van der Waals surface area (Å²) in [5, 5.41) is 3.03. The van der Waals surface area contributed by atoms with Crippen molar-refractivity contribution in [3.05, 3.63) is 58.9 Å². The number of hydrogen-bond donors (Lipinski definition) is 1. The minimum atomic E-state index is -4.52. The van der Waals surface area contributed by atoms with Crippen LogP contribution in [0.1, 0.15) is 36.8 Å². The molecule has 8 heteroatoms. The minimum absolute atomic E-state index is 0.264. The fraction of sp³-hybridized carbons (Fsp3) is 0.368. The Kier molecular flexibility index (Phi) is 6.22. The van der Waals surface area contributed by atoms with Crippen LogP contribution in [-0.4, -0.2) is 21.0 Å². The maximum absolute atomic E-state index is 13.1. The van der Waals surface area contributed by atoms with Gasteiger partial charge in [0.1, 0.15) is 0 Å². The zero-order valence-electron chi connectivity index (χ0n) is 14.5. The molecule has 0 atom stereocenters. The van der Waals surface area contributed by atoms with E-state index in [0.29, 0.717) is 11.7 Å². The normalized spacial score (nSPS) is 15.0. The van der Waals surface area contributed by atoms with E-state index in [1.165, 1.54) is 12.1 Å². The minimum Gasteiger partial charge on any atom is -0.342 e. The fourth-order valence-electron chi connectivity index (χ4n) is 3.29. The number of pyridine rings is 1. The fourth-order valence-corrected chi connectivity index (χ4v) is 3.84. The van der Waals surface area contributed by atoms with E-state index < -0.39 is 11.7 Å². The van der Waals surface area contributed by atoms with Crippen molar-refractivity contribution >= 4 is 34.6 Å². The molecular weight excluding hydrogens is 395 g/mol. The average Bonchev–Trinajstić information content (AvgIpc) is 3.15. The largest absolute Gasteiger partial charge is 0.417 e. The highest BCUT2D eigenvalue weighted by Crippen LogP contribution is 2.36. The van der Waals surface area contributed by atoms with Crippen LogP contribution in [0.3, 0.4) is 0 Å². The van der Waals surface area contributed by atoms with Crippen molar-refractivity contribution in [1.82, 2.24) is 9.88 Å². The van der Waals surface area contributed by atoms with E-state index in [2.05, 4.69) is 10.3 Å². The molecule has 1 aromatic carbocycles. The third-order valence-corrected chi connectivity index (χ3v) is 5.29. The van der Waals surface area contributed by atoms with Crippen LogP contribution in [0.25, 0.3) is 0 Å². The molecular formula is C19H19ClF3N3S. The number of benzene rings is 1. The molecule has 1 fully saturated rings. The summed E-state index contributed by atoms with van der Waals surface area (Å²) in [6.45, 7) is 0.560. The van der Waals surface area contributed by atoms with E-state index in [4.69, 9.17) is 23.8 Å². The van der Waals surface area contributed by atoms with Gasteiger partial charge in [-0.25, -0.2) is 0 Å². The van der Waals surface area contributed by atoms with Gasteiger partial charge < -0.3 is 10.2 Å². The van der Waals surface area contributed by atoms with Crippen LogP contribution in [0.4, 0.5) is 18.9 Å². The lowest BCUT2D eigenvalue weighted by molar-refractivity contribution is -0.137. The van der Waals surface area contributed by atoms with Gasteiger partial charge in [-0.3, -0.25) is 4.98 Å². The predicted molar refractivity (Wildman–Crippen MR) is 105 cm³/mol. The van der Waals surface area contributed by atoms with Crippen molar-refractivity contribution in [2.45, 2.75) is 44.4 Å². The van der Waals surface area contributed by atoms with Crippen molar-refractivity contribution in [2.24, 2.45) is 0 Å². The average molecular weight is 414 g/mol. The van der Waals surface area contributed by atoms with Gasteiger partial charge in [-0.2, -0.15) is 13.2 Å². The first kappa shape index (κ1) is 19.9. The quantitative estimate of drug-likeness (QED) is 0.632. The molecule has 2 aromatic rings. The highest BCUT2D eigenvalue weighted by atomic mass is 35.5. The molecule has 3 rings (SSSR count). The summed E-state index contributed by atoms with van der Waals surface area (Å²) in [7, 11) is 0. The molecule has 1 saturated carbocycles. The Bertz CT molecular complexity index is 793. The lowest BCUT2D eigenvalue weighted by Crippen LogP contribution is -2.41. The van der Waals surface area contributed by atoms with Gasteiger partial charge in [0, 0.05) is 30.7 Å². The lowest BCUT2D eigenvalue weighted by atomic mass is 10.1. The Morgan fingerprint density at radius 3 is 2.63 bits per heavy atom. The van der Waals surface area contributed by atoms with Crippen molar-refractivity contribution in [2.75, 3.05) is 5.32 Å². The topological polar surface area (TPSA) is 28.2 Å². The highest BCUT2D eigenvalue weighted by molar-refractivity contribution is 7.80. The van der Waals surface area contributed by atoms with Gasteiger partial charge in [-0.15, -0.1) is 0 Å². The molecule has 1 aliphatic carbocycles. The Morgan fingerprint density at radius 2 is 2.00 bits per heavy atom. The van der Waals surface area contributed by atoms with Gasteiger partial charge in [0.15, 0.2) is 5.11 Å². The van der Waals surface area contributed by atoms with Crippen molar-refractivity contribution in [1.29, 1.82) is 0 Å². The lowest BCUT2D eigenvalue weighted by Gasteiger charge is -2.32. The summed E-state index contributed by atoms with van der Waals surface area (Å²) in [5.41, 5.74) is 0.392. The Hall–Kier alpha value is -1.86. The molecule has 0 aliphatic heterocycles. The zero-order valence-corrected chi connectivity index (χ0v) is 16.0. The van der Waals surface area contributed by atoms with Gasteiger partial charge in [0.05, 0.1) is 10.6 Å². The molecule has 0 saturated heterocycles. The first-order chi connectivity index (χ1) is 12.8. The molecule has 1 heterocycles. The Balaban J connectivity index is 1.80. The number of anilines is 1. The second kappa shape index (κ2) is 8.44. The summed E-state index contributed by atoms with van der Waals surface area (Å²) < 4.78 is 39.3. The van der Waals surface area contributed by atoms with E-state index in [-0.39, 0.29) is 16.8 Å². The number of alkyl halides is 3. The van der Waals surface area contributed by atoms with Crippen LogP contribution < -0.4 is 5.32 Å². The number of hydrogen-bond acceptors (Lipinski definition) is 2. The number of nitrogens with one attached hydrogen (secondary N) is 1. The number of aromatic nitrogens is 1. The van der Waals surface area contributed by atoms with E-state index in [9.17, 15) is 13.2 Å². The van der Waals surface area contributed by atoms with Gasteiger partial charge in [-0.05, 0) is 54.9 Å². The number of halogens is 4. The van der Waals surface area contributed by atoms with Crippen LogP contribution in [0.15, 0.2) is 42.7 Å². The first-order valence-corrected chi connectivity index (χ1v) is 9.46. The third kappa shape index (κ3) is 5.11. The molecule has 0 radical (unpaired) electrons. The number of rotatable bonds is 4. The molecule has 1 aromatic heterocycles. The molecule has 1 N–H and O–H groups in total. The summed E-state index contributed by atoms with van der Waals surface area (Å²) in [5.74, 6) is 0. The van der Waals surface area contributed by atoms with Crippen molar-refractivity contribution < 1.29 is 13.2 Å². The maximum Gasteiger partial charge on any atom is 0.417 e. The van der Waals surface area contributed by atoms with Crippen LogP contribution in [-0.2, 0) is 12.7 Å². The molecule has 0 amide bonds. The van der Waals surface area contributed by atoms with E-state index >= 15 is 0 Å². The Labute approximate surface area is 166 Å². The molecule has 0 unspecified atom stereocenters. The number of thiocarbonyl (C=S) groups is 1. The third-order valence-electron chi connectivity index (χ3n) is 4.63. The standard InChI is InChI=1S/C19H19ClF3N3S/c20-17-8-7-14(10-16(17)19(21,22)23)25-18(27)26(15-5-1-2-6-15)12-13-4-3-9-24-11-13/h3-4,7-11,15H,1-2,5-6,12H2,(H,25,27). The highest BCUT2D eigenvalue weighted by Gasteiger charge is 2.33. The number of nitrogens with zero attached hydrogens (tertiary/aromatic N) is 2. The van der Waals surface area contributed by atoms with Crippen LogP contribution in [0.5, 0.6) is 0 Å². The van der Waals surface area contributed by atoms with Gasteiger partial charge >= 0.3 is 6.18 Å². The first-order valence-electron chi connectivity index (χ1n) is 8.68. The van der Waals surface area contributed by atoms with E-state index in [1.807, 2.05) is 17.0 Å². The van der Waals surface area contributed by atoms with Crippen LogP contribution in [0, 0.1) is 0 Å². The van der Waals surface area contributed by atoms with E-state index in [0.717, 1.165) is 37.3 Å². The monoisotopic (exact) mass is 413 g/mol. The smallest absolute Gasteiger partial charge is 0.342 e. The van der Waals surface area contributed by atoms with E-state index in [1.54, 1.807) is 12.4 Å². The molecule has 27 heavy (non-hydrogen) atoms. The maximum atomic E-state index is 13.1. The summed E-state index contributed by atoms with van der Waals surface area (Å²) in [6, 6.07) is 7.80. The zero-order chi connectivity index (χ0) is 19.4. The molecule has 3 nitrogen and oxygen atoms in total. The molecule has 0 spiro atoms. The second-order valence-corrected chi connectivity index (χ2v) is 7.34. The molecule has 144 valence electrons. The summed E-state index contributed by atoms with van der Waals surface area (Å²) in [4.78, 5) is 6.17. The van der Waals surface area contributed by atoms with Crippen LogP contribution >= 0.6 is 23.8 Å². The molecule has 1 aliphatic rings. The summed E-state index contributed by atoms with van der Waals surface area (Å²) in [6.07, 6.45) is 3.22. The summed E-state index contributed by atoms with van der Waals surface area (Å²) >= 11 is 11.2.